The summed E-state index contributed by atoms with van der Waals surface area (Å²) in [5, 5.41) is 13.5. The summed E-state index contributed by atoms with van der Waals surface area (Å²) >= 11 is 8.38. The Labute approximate surface area is 211 Å². The Morgan fingerprint density at radius 3 is 2.80 bits per heavy atom. The maximum absolute atomic E-state index is 13.2. The lowest BCUT2D eigenvalue weighted by atomic mass is 9.99. The third-order valence-corrected chi connectivity index (χ3v) is 8.50. The highest BCUT2D eigenvalue weighted by Crippen LogP contribution is 2.56. The minimum absolute atomic E-state index is 0.00941. The van der Waals surface area contributed by atoms with Crippen LogP contribution in [0.1, 0.15) is 56.8 Å². The SMILES string of the molecule is Cc1ccc(-c2cn(C)c(=O)c(N/C(C=N)=C/N)n2)c(Cl)c1NC(=O)c1cc2c(s1)C1CCC2C1. The Hall–Kier alpha value is -3.43. The molecule has 2 aliphatic rings. The summed E-state index contributed by atoms with van der Waals surface area (Å²) in [6.45, 7) is 1.88. The number of hydrogen-bond donors (Lipinski definition) is 4. The zero-order chi connectivity index (χ0) is 24.9. The van der Waals surface area contributed by atoms with Crippen LogP contribution in [0.25, 0.3) is 11.3 Å². The van der Waals surface area contributed by atoms with Gasteiger partial charge in [-0.1, -0.05) is 23.7 Å². The smallest absolute Gasteiger partial charge is 0.293 e. The van der Waals surface area contributed by atoms with Crippen molar-refractivity contribution in [3.05, 3.63) is 72.6 Å². The number of allylic oxidation sites excluding steroid dienone is 1. The summed E-state index contributed by atoms with van der Waals surface area (Å²) in [5.41, 5.74) is 9.01. The van der Waals surface area contributed by atoms with E-state index in [9.17, 15) is 9.59 Å². The Balaban J connectivity index is 1.48. The van der Waals surface area contributed by atoms with E-state index >= 15 is 0 Å². The van der Waals surface area contributed by atoms with Gasteiger partial charge in [0.05, 0.1) is 27.0 Å². The zero-order valence-corrected chi connectivity index (χ0v) is 20.9. The lowest BCUT2D eigenvalue weighted by Gasteiger charge is -2.15. The van der Waals surface area contributed by atoms with E-state index in [-0.39, 0.29) is 23.0 Å². The quantitative estimate of drug-likeness (QED) is 0.350. The molecule has 1 aromatic carbocycles. The fraction of sp³-hybridized carbons (Fsp3) is 0.280. The normalized spacial score (nSPS) is 18.4. The molecule has 2 heterocycles. The number of hydrogen-bond acceptors (Lipinski definition) is 7. The van der Waals surface area contributed by atoms with Crippen LogP contribution < -0.4 is 21.9 Å². The van der Waals surface area contributed by atoms with Crippen LogP contribution in [0.4, 0.5) is 11.5 Å². The molecule has 5 N–H and O–H groups in total. The number of amides is 1. The van der Waals surface area contributed by atoms with Crippen LogP contribution in [-0.4, -0.2) is 21.7 Å². The molecule has 2 aliphatic carbocycles. The molecule has 35 heavy (non-hydrogen) atoms. The standard InChI is InChI=1S/C25H25ClN6O2S/c1-12-3-6-16(18-11-32(2)25(34)23(30-18)29-15(9-27)10-28)20(26)21(12)31-24(33)19-8-17-13-4-5-14(7-13)22(17)35-19/h3,6,8-11,13-14,27H,4-5,7,28H2,1-2H3,(H,29,30)(H,31,33)/b15-10+,27-9?. The molecule has 2 atom stereocenters. The molecule has 2 unspecified atom stereocenters. The number of fused-ring (bicyclic) bond motifs is 5. The molecule has 2 bridgehead atoms. The highest BCUT2D eigenvalue weighted by molar-refractivity contribution is 7.14. The van der Waals surface area contributed by atoms with E-state index in [0.29, 0.717) is 38.7 Å². The first-order valence-electron chi connectivity index (χ1n) is 11.3. The van der Waals surface area contributed by atoms with Gasteiger partial charge < -0.3 is 26.3 Å². The number of rotatable bonds is 6. The van der Waals surface area contributed by atoms with E-state index in [1.165, 1.54) is 40.5 Å². The first-order chi connectivity index (χ1) is 16.8. The summed E-state index contributed by atoms with van der Waals surface area (Å²) in [6, 6.07) is 5.70. The van der Waals surface area contributed by atoms with Crippen LogP contribution >= 0.6 is 22.9 Å². The van der Waals surface area contributed by atoms with E-state index < -0.39 is 0 Å². The highest BCUT2D eigenvalue weighted by atomic mass is 35.5. The number of benzene rings is 1. The van der Waals surface area contributed by atoms with Gasteiger partial charge in [0, 0.05) is 36.1 Å². The molecule has 3 aromatic rings. The van der Waals surface area contributed by atoms with Gasteiger partial charge in [-0.25, -0.2) is 4.98 Å². The van der Waals surface area contributed by atoms with E-state index in [2.05, 4.69) is 15.6 Å². The van der Waals surface area contributed by atoms with Crippen molar-refractivity contribution in [2.24, 2.45) is 12.8 Å². The van der Waals surface area contributed by atoms with Gasteiger partial charge in [-0.3, -0.25) is 9.59 Å². The molecular weight excluding hydrogens is 484 g/mol. The average Bonchev–Trinajstić information content (AvgIpc) is 3.56. The number of nitrogens with one attached hydrogen (secondary N) is 3. The number of carbonyl (C=O) groups is 1. The van der Waals surface area contributed by atoms with Gasteiger partial charge >= 0.3 is 0 Å². The van der Waals surface area contributed by atoms with Gasteiger partial charge in [0.2, 0.25) is 0 Å². The number of aromatic nitrogens is 2. The van der Waals surface area contributed by atoms with Crippen molar-refractivity contribution >= 4 is 46.6 Å². The molecular formula is C25H25ClN6O2S. The number of nitrogens with zero attached hydrogens (tertiary/aromatic N) is 2. The van der Waals surface area contributed by atoms with Crippen molar-refractivity contribution < 1.29 is 4.79 Å². The van der Waals surface area contributed by atoms with Gasteiger partial charge in [-0.15, -0.1) is 11.3 Å². The lowest BCUT2D eigenvalue weighted by molar-refractivity contribution is 0.103. The Morgan fingerprint density at radius 2 is 2.09 bits per heavy atom. The van der Waals surface area contributed by atoms with Crippen LogP contribution in [0.5, 0.6) is 0 Å². The molecule has 0 saturated heterocycles. The predicted molar refractivity (Wildman–Crippen MR) is 141 cm³/mol. The fourth-order valence-electron chi connectivity index (χ4n) is 4.95. The summed E-state index contributed by atoms with van der Waals surface area (Å²) in [4.78, 5) is 32.2. The van der Waals surface area contributed by atoms with Crippen LogP contribution in [0.2, 0.25) is 5.02 Å². The summed E-state index contributed by atoms with van der Waals surface area (Å²) in [7, 11) is 1.60. The molecule has 5 rings (SSSR count). The molecule has 180 valence electrons. The molecule has 10 heteroatoms. The number of anilines is 2. The molecule has 2 aromatic heterocycles. The highest BCUT2D eigenvalue weighted by Gasteiger charge is 2.39. The first-order valence-corrected chi connectivity index (χ1v) is 12.5. The largest absolute Gasteiger partial charge is 0.403 e. The number of halogens is 1. The molecule has 0 spiro atoms. The third kappa shape index (κ3) is 4.04. The van der Waals surface area contributed by atoms with Crippen molar-refractivity contribution in [3.8, 4) is 11.3 Å². The number of nitrogens with two attached hydrogens (primary N) is 1. The Bertz CT molecular complexity index is 1430. The second-order valence-corrected chi connectivity index (χ2v) is 10.5. The summed E-state index contributed by atoms with van der Waals surface area (Å²) < 4.78 is 1.37. The third-order valence-electron chi connectivity index (χ3n) is 6.79. The second-order valence-electron chi connectivity index (χ2n) is 8.99. The number of carbonyl (C=O) groups excluding carboxylic acids is 1. The molecule has 8 nitrogen and oxygen atoms in total. The molecule has 0 aliphatic heterocycles. The van der Waals surface area contributed by atoms with Crippen LogP contribution in [-0.2, 0) is 7.05 Å². The molecule has 1 amide bonds. The van der Waals surface area contributed by atoms with Gasteiger partial charge in [0.25, 0.3) is 11.5 Å². The first kappa shape index (κ1) is 23.3. The van der Waals surface area contributed by atoms with Crippen molar-refractivity contribution in [3.63, 3.8) is 0 Å². The minimum Gasteiger partial charge on any atom is -0.403 e. The Morgan fingerprint density at radius 1 is 1.31 bits per heavy atom. The zero-order valence-electron chi connectivity index (χ0n) is 19.3. The van der Waals surface area contributed by atoms with E-state index in [4.69, 9.17) is 22.7 Å². The topological polar surface area (TPSA) is 126 Å². The maximum atomic E-state index is 13.2. The summed E-state index contributed by atoms with van der Waals surface area (Å²) in [6.07, 6.45) is 7.41. The van der Waals surface area contributed by atoms with Crippen molar-refractivity contribution in [1.29, 1.82) is 5.41 Å². The van der Waals surface area contributed by atoms with Crippen LogP contribution in [0.3, 0.4) is 0 Å². The fourth-order valence-corrected chi connectivity index (χ4v) is 6.60. The monoisotopic (exact) mass is 508 g/mol. The Kier molecular flexibility index (Phi) is 5.98. The second kappa shape index (κ2) is 8.98. The van der Waals surface area contributed by atoms with E-state index in [1.54, 1.807) is 30.6 Å². The molecule has 1 saturated carbocycles. The number of thiophene rings is 1. The molecule has 0 radical (unpaired) electrons. The van der Waals surface area contributed by atoms with Gasteiger partial charge in [0.1, 0.15) is 0 Å². The van der Waals surface area contributed by atoms with Crippen LogP contribution in [0.15, 0.2) is 41.1 Å². The van der Waals surface area contributed by atoms with Crippen molar-refractivity contribution in [2.45, 2.75) is 38.0 Å². The van der Waals surface area contributed by atoms with E-state index in [1.807, 2.05) is 19.1 Å². The van der Waals surface area contributed by atoms with Gasteiger partial charge in [0.15, 0.2) is 5.82 Å². The minimum atomic E-state index is -0.383. The van der Waals surface area contributed by atoms with E-state index in [0.717, 1.165) is 11.8 Å². The van der Waals surface area contributed by atoms with Gasteiger partial charge in [-0.05, 0) is 55.2 Å². The van der Waals surface area contributed by atoms with Crippen molar-refractivity contribution in [2.75, 3.05) is 10.6 Å². The lowest BCUT2D eigenvalue weighted by Crippen LogP contribution is -2.23. The summed E-state index contributed by atoms with van der Waals surface area (Å²) in [5.74, 6) is 1.04. The number of aryl methyl sites for hydroxylation is 2. The maximum Gasteiger partial charge on any atom is 0.293 e. The average molecular weight is 509 g/mol. The predicted octanol–water partition coefficient (Wildman–Crippen LogP) is 4.95. The van der Waals surface area contributed by atoms with Gasteiger partial charge in [-0.2, -0.15) is 0 Å². The molecule has 1 fully saturated rings. The van der Waals surface area contributed by atoms with Crippen LogP contribution in [0, 0.1) is 12.3 Å². The van der Waals surface area contributed by atoms with Crippen molar-refractivity contribution in [1.82, 2.24) is 9.55 Å².